The van der Waals surface area contributed by atoms with E-state index in [2.05, 4.69) is 5.32 Å². The molecule has 3 aromatic rings. The van der Waals surface area contributed by atoms with Crippen LogP contribution in [0, 0.1) is 0 Å². The number of nitrogens with one attached hydrogen (secondary N) is 1. The normalized spacial score (nSPS) is 12.9. The second-order valence-electron chi connectivity index (χ2n) is 8.30. The Morgan fingerprint density at radius 1 is 0.886 bits per heavy atom. The summed E-state index contributed by atoms with van der Waals surface area (Å²) < 4.78 is 16.3. The van der Waals surface area contributed by atoms with Crippen LogP contribution in [0.4, 0.5) is 0 Å². The fourth-order valence-electron chi connectivity index (χ4n) is 3.82. The van der Waals surface area contributed by atoms with Crippen molar-refractivity contribution in [2.75, 3.05) is 19.8 Å². The monoisotopic (exact) mass is 473 g/mol. The quantitative estimate of drug-likeness (QED) is 0.373. The number of ketones is 1. The molecule has 1 N–H and O–H groups in total. The van der Waals surface area contributed by atoms with Gasteiger partial charge in [0.1, 0.15) is 13.2 Å². The first-order valence-corrected chi connectivity index (χ1v) is 11.5. The van der Waals surface area contributed by atoms with Gasteiger partial charge in [0, 0.05) is 17.2 Å². The van der Waals surface area contributed by atoms with Crippen molar-refractivity contribution < 1.29 is 28.6 Å². The van der Waals surface area contributed by atoms with Crippen molar-refractivity contribution in [3.63, 3.8) is 0 Å². The van der Waals surface area contributed by atoms with E-state index in [1.807, 2.05) is 37.3 Å². The van der Waals surface area contributed by atoms with E-state index in [0.29, 0.717) is 30.3 Å². The van der Waals surface area contributed by atoms with E-state index in [1.165, 1.54) is 11.6 Å². The Labute approximate surface area is 204 Å². The summed E-state index contributed by atoms with van der Waals surface area (Å²) in [5, 5.41) is 2.84. The average Bonchev–Trinajstić information content (AvgIpc) is 2.90. The number of esters is 1. The van der Waals surface area contributed by atoms with Crippen molar-refractivity contribution in [2.24, 2.45) is 0 Å². The summed E-state index contributed by atoms with van der Waals surface area (Å²) in [6.45, 7) is 2.33. The van der Waals surface area contributed by atoms with Crippen molar-refractivity contribution in [3.8, 4) is 11.5 Å². The average molecular weight is 474 g/mol. The number of rotatable bonds is 9. The van der Waals surface area contributed by atoms with Crippen LogP contribution < -0.4 is 14.8 Å². The maximum absolute atomic E-state index is 13.1. The molecule has 7 nitrogen and oxygen atoms in total. The van der Waals surface area contributed by atoms with Gasteiger partial charge in [-0.15, -0.1) is 0 Å². The minimum Gasteiger partial charge on any atom is -0.486 e. The maximum atomic E-state index is 13.1. The smallest absolute Gasteiger partial charge is 0.339 e. The molecule has 35 heavy (non-hydrogen) atoms. The van der Waals surface area contributed by atoms with Gasteiger partial charge in [-0.3, -0.25) is 9.59 Å². The largest absolute Gasteiger partial charge is 0.486 e. The molecule has 0 aromatic heterocycles. The zero-order chi connectivity index (χ0) is 24.6. The molecular formula is C28H27NO6. The molecule has 3 aromatic carbocycles. The fraction of sp³-hybridized carbons (Fsp3) is 0.250. The number of hydrogen-bond acceptors (Lipinski definition) is 6. The summed E-state index contributed by atoms with van der Waals surface area (Å²) in [6.07, 6.45) is 1.59. The van der Waals surface area contributed by atoms with Crippen molar-refractivity contribution >= 4 is 17.7 Å². The lowest BCUT2D eigenvalue weighted by atomic mass is 9.98. The van der Waals surface area contributed by atoms with Crippen molar-refractivity contribution in [1.82, 2.24) is 5.32 Å². The van der Waals surface area contributed by atoms with Gasteiger partial charge in [-0.1, -0.05) is 48.5 Å². The molecule has 1 aliphatic rings. The summed E-state index contributed by atoms with van der Waals surface area (Å²) in [5.74, 6) is -0.425. The predicted octanol–water partition coefficient (Wildman–Crippen LogP) is 3.98. The molecule has 0 aliphatic carbocycles. The minimum atomic E-state index is -0.737. The van der Waals surface area contributed by atoms with Crippen LogP contribution in [0.1, 0.15) is 45.2 Å². The predicted molar refractivity (Wildman–Crippen MR) is 130 cm³/mol. The van der Waals surface area contributed by atoms with Crippen LogP contribution >= 0.6 is 0 Å². The summed E-state index contributed by atoms with van der Waals surface area (Å²) in [5.41, 5.74) is 1.84. The van der Waals surface area contributed by atoms with Crippen LogP contribution in [0.25, 0.3) is 0 Å². The Morgan fingerprint density at radius 2 is 1.57 bits per heavy atom. The molecule has 4 rings (SSSR count). The van der Waals surface area contributed by atoms with Gasteiger partial charge < -0.3 is 19.5 Å². The molecule has 0 fully saturated rings. The van der Waals surface area contributed by atoms with Gasteiger partial charge in [0.15, 0.2) is 23.9 Å². The summed E-state index contributed by atoms with van der Waals surface area (Å²) in [6, 6.07) is 21.2. The SMILES string of the molecule is CC(CCc1ccccc1)NC(=O)COC(=O)c1ccccc1C(=O)c1ccc2c(c1)OCCO2. The van der Waals surface area contributed by atoms with Gasteiger partial charge in [-0.2, -0.15) is 0 Å². The van der Waals surface area contributed by atoms with Gasteiger partial charge in [-0.05, 0) is 49.6 Å². The van der Waals surface area contributed by atoms with E-state index < -0.39 is 18.5 Å². The van der Waals surface area contributed by atoms with E-state index in [0.717, 1.165) is 12.8 Å². The van der Waals surface area contributed by atoms with Gasteiger partial charge in [0.25, 0.3) is 5.91 Å². The Hall–Kier alpha value is -4.13. The van der Waals surface area contributed by atoms with Crippen molar-refractivity contribution in [1.29, 1.82) is 0 Å². The summed E-state index contributed by atoms with van der Waals surface area (Å²) in [4.78, 5) is 38.2. The van der Waals surface area contributed by atoms with Crippen LogP contribution in [0.15, 0.2) is 72.8 Å². The highest BCUT2D eigenvalue weighted by molar-refractivity contribution is 6.14. The number of aryl methyl sites for hydroxylation is 1. The molecule has 1 amide bonds. The zero-order valence-corrected chi connectivity index (χ0v) is 19.5. The number of carbonyl (C=O) groups excluding carboxylic acids is 3. The molecule has 180 valence electrons. The molecule has 1 atom stereocenters. The van der Waals surface area contributed by atoms with E-state index in [4.69, 9.17) is 14.2 Å². The maximum Gasteiger partial charge on any atom is 0.339 e. The highest BCUT2D eigenvalue weighted by Gasteiger charge is 2.22. The van der Waals surface area contributed by atoms with E-state index in [9.17, 15) is 14.4 Å². The van der Waals surface area contributed by atoms with Crippen LogP contribution in [-0.4, -0.2) is 43.5 Å². The molecule has 0 bridgehead atoms. The molecule has 1 heterocycles. The van der Waals surface area contributed by atoms with Crippen molar-refractivity contribution in [3.05, 3.63) is 95.1 Å². The van der Waals surface area contributed by atoms with Crippen LogP contribution in [0.3, 0.4) is 0 Å². The Balaban J connectivity index is 1.34. The second kappa shape index (κ2) is 11.3. The molecule has 0 radical (unpaired) electrons. The standard InChI is InChI=1S/C28H27NO6/c1-19(11-12-20-7-3-2-4-8-20)29-26(30)18-35-28(32)23-10-6-5-9-22(23)27(31)21-13-14-24-25(17-21)34-16-15-33-24/h2-10,13-14,17,19H,11-12,15-16,18H2,1H3,(H,29,30). The number of fused-ring (bicyclic) bond motifs is 1. The summed E-state index contributed by atoms with van der Waals surface area (Å²) >= 11 is 0. The van der Waals surface area contributed by atoms with Crippen LogP contribution in [0.2, 0.25) is 0 Å². The highest BCUT2D eigenvalue weighted by Crippen LogP contribution is 2.31. The molecule has 1 aliphatic heterocycles. The van der Waals surface area contributed by atoms with Gasteiger partial charge in [-0.25, -0.2) is 4.79 Å². The minimum absolute atomic E-state index is 0.0783. The number of amides is 1. The molecule has 7 heteroatoms. The van der Waals surface area contributed by atoms with Crippen LogP contribution in [0.5, 0.6) is 11.5 Å². The first-order chi connectivity index (χ1) is 17.0. The van der Waals surface area contributed by atoms with Gasteiger partial charge in [0.05, 0.1) is 5.56 Å². The first kappa shape index (κ1) is 24.0. The topological polar surface area (TPSA) is 90.9 Å². The third kappa shape index (κ3) is 6.26. The van der Waals surface area contributed by atoms with Crippen LogP contribution in [-0.2, 0) is 16.0 Å². The molecule has 1 unspecified atom stereocenters. The molecule has 0 saturated carbocycles. The van der Waals surface area contributed by atoms with Gasteiger partial charge in [0.2, 0.25) is 0 Å². The Kier molecular flexibility index (Phi) is 7.77. The fourth-order valence-corrected chi connectivity index (χ4v) is 3.82. The number of ether oxygens (including phenoxy) is 3. The lowest BCUT2D eigenvalue weighted by molar-refractivity contribution is -0.124. The molecular weight excluding hydrogens is 446 g/mol. The van der Waals surface area contributed by atoms with Crippen molar-refractivity contribution in [2.45, 2.75) is 25.8 Å². The number of benzene rings is 3. The summed E-state index contributed by atoms with van der Waals surface area (Å²) in [7, 11) is 0. The number of hydrogen-bond donors (Lipinski definition) is 1. The second-order valence-corrected chi connectivity index (χ2v) is 8.30. The highest BCUT2D eigenvalue weighted by atomic mass is 16.6. The Bertz CT molecular complexity index is 1210. The van der Waals surface area contributed by atoms with E-state index in [1.54, 1.807) is 36.4 Å². The van der Waals surface area contributed by atoms with E-state index >= 15 is 0 Å². The van der Waals surface area contributed by atoms with Gasteiger partial charge >= 0.3 is 5.97 Å². The Morgan fingerprint density at radius 3 is 2.34 bits per heavy atom. The molecule has 0 spiro atoms. The third-order valence-corrected chi connectivity index (χ3v) is 5.65. The zero-order valence-electron chi connectivity index (χ0n) is 19.5. The first-order valence-electron chi connectivity index (χ1n) is 11.5. The number of carbonyl (C=O) groups is 3. The lowest BCUT2D eigenvalue weighted by Gasteiger charge is -2.18. The lowest BCUT2D eigenvalue weighted by Crippen LogP contribution is -2.36. The molecule has 0 saturated heterocycles. The third-order valence-electron chi connectivity index (χ3n) is 5.65. The van der Waals surface area contributed by atoms with E-state index in [-0.39, 0.29) is 23.0 Å².